The molecule has 72 valence electrons. The summed E-state index contributed by atoms with van der Waals surface area (Å²) in [4.78, 5) is 12.6. The average molecular weight is 175 g/mol. The zero-order valence-corrected chi connectivity index (χ0v) is 7.75. The molecule has 0 radical (unpaired) electrons. The first-order chi connectivity index (χ1) is 5.72. The van der Waals surface area contributed by atoms with Gasteiger partial charge in [0, 0.05) is 20.0 Å². The minimum absolute atomic E-state index is 0.0332. The summed E-state index contributed by atoms with van der Waals surface area (Å²) in [5.41, 5.74) is 0. The van der Waals surface area contributed by atoms with Gasteiger partial charge >= 0.3 is 0 Å². The molecule has 0 heterocycles. The molecule has 0 saturated heterocycles. The lowest BCUT2D eigenvalue weighted by Crippen LogP contribution is -2.29. The van der Waals surface area contributed by atoms with E-state index in [0.717, 1.165) is 0 Å². The lowest BCUT2D eigenvalue weighted by Gasteiger charge is -2.15. The van der Waals surface area contributed by atoms with Crippen LogP contribution in [0, 0.1) is 0 Å². The Morgan fingerprint density at radius 3 is 2.67 bits per heavy atom. The van der Waals surface area contributed by atoms with E-state index in [2.05, 4.69) is 0 Å². The lowest BCUT2D eigenvalue weighted by atomic mass is 10.4. The maximum Gasteiger partial charge on any atom is 0.222 e. The van der Waals surface area contributed by atoms with Crippen molar-refractivity contribution in [3.8, 4) is 0 Å². The standard InChI is InChI=1S/C8H17NO3/c1-3-8(11)9(2)4-6-12-7-5-10/h10H,3-7H2,1-2H3. The third kappa shape index (κ3) is 5.09. The van der Waals surface area contributed by atoms with Crippen molar-refractivity contribution in [1.29, 1.82) is 0 Å². The van der Waals surface area contributed by atoms with Crippen molar-refractivity contribution in [2.45, 2.75) is 13.3 Å². The van der Waals surface area contributed by atoms with Gasteiger partial charge in [0.05, 0.1) is 19.8 Å². The van der Waals surface area contributed by atoms with Crippen molar-refractivity contribution in [3.63, 3.8) is 0 Å². The molecule has 0 rings (SSSR count). The van der Waals surface area contributed by atoms with Gasteiger partial charge in [0.15, 0.2) is 0 Å². The summed E-state index contributed by atoms with van der Waals surface area (Å²) in [5.74, 6) is 0.114. The molecule has 0 aromatic rings. The van der Waals surface area contributed by atoms with Crippen molar-refractivity contribution >= 4 is 5.91 Å². The summed E-state index contributed by atoms with van der Waals surface area (Å²) in [6.45, 7) is 3.28. The smallest absolute Gasteiger partial charge is 0.222 e. The van der Waals surface area contributed by atoms with Gasteiger partial charge in [-0.1, -0.05) is 6.92 Å². The Labute approximate surface area is 73.1 Å². The molecule has 0 saturated carbocycles. The number of nitrogens with zero attached hydrogens (tertiary/aromatic N) is 1. The number of amides is 1. The number of rotatable bonds is 6. The van der Waals surface area contributed by atoms with Crippen LogP contribution in [0.4, 0.5) is 0 Å². The molecule has 0 aromatic carbocycles. The van der Waals surface area contributed by atoms with Crippen LogP contribution in [-0.2, 0) is 9.53 Å². The second kappa shape index (κ2) is 7.06. The number of carbonyl (C=O) groups is 1. The van der Waals surface area contributed by atoms with E-state index < -0.39 is 0 Å². The van der Waals surface area contributed by atoms with E-state index in [1.54, 1.807) is 11.9 Å². The Morgan fingerprint density at radius 2 is 2.17 bits per heavy atom. The average Bonchev–Trinajstić information content (AvgIpc) is 2.10. The fraction of sp³-hybridized carbons (Fsp3) is 0.875. The van der Waals surface area contributed by atoms with E-state index >= 15 is 0 Å². The van der Waals surface area contributed by atoms with E-state index in [-0.39, 0.29) is 12.5 Å². The Kier molecular flexibility index (Phi) is 6.70. The first-order valence-electron chi connectivity index (χ1n) is 4.15. The van der Waals surface area contributed by atoms with Gasteiger partial charge in [-0.2, -0.15) is 0 Å². The fourth-order valence-corrected chi connectivity index (χ4v) is 0.763. The first-order valence-corrected chi connectivity index (χ1v) is 4.15. The molecule has 0 atom stereocenters. The number of aliphatic hydroxyl groups is 1. The van der Waals surface area contributed by atoms with E-state index in [0.29, 0.717) is 26.2 Å². The van der Waals surface area contributed by atoms with Crippen molar-refractivity contribution in [1.82, 2.24) is 4.90 Å². The van der Waals surface area contributed by atoms with Crippen LogP contribution in [-0.4, -0.2) is 49.3 Å². The molecule has 0 aliphatic carbocycles. The van der Waals surface area contributed by atoms with Crippen molar-refractivity contribution in [3.05, 3.63) is 0 Å². The third-order valence-corrected chi connectivity index (χ3v) is 1.53. The van der Waals surface area contributed by atoms with Crippen LogP contribution < -0.4 is 0 Å². The second-order valence-electron chi connectivity index (χ2n) is 2.50. The molecule has 4 nitrogen and oxygen atoms in total. The summed E-state index contributed by atoms with van der Waals surface area (Å²) in [6, 6.07) is 0. The first kappa shape index (κ1) is 11.4. The van der Waals surface area contributed by atoms with E-state index in [1.807, 2.05) is 6.92 Å². The zero-order valence-electron chi connectivity index (χ0n) is 7.75. The Bertz CT molecular complexity index is 127. The molecule has 0 fully saturated rings. The topological polar surface area (TPSA) is 49.8 Å². The van der Waals surface area contributed by atoms with Crippen LogP contribution in [0.5, 0.6) is 0 Å². The van der Waals surface area contributed by atoms with Gasteiger partial charge in [0.2, 0.25) is 5.91 Å². The Balaban J connectivity index is 3.31. The van der Waals surface area contributed by atoms with Gasteiger partial charge in [-0.05, 0) is 0 Å². The number of aliphatic hydroxyl groups excluding tert-OH is 1. The molecular formula is C8H17NO3. The lowest BCUT2D eigenvalue weighted by molar-refractivity contribution is -0.130. The van der Waals surface area contributed by atoms with Crippen molar-refractivity contribution in [2.24, 2.45) is 0 Å². The minimum Gasteiger partial charge on any atom is -0.394 e. The molecule has 0 spiro atoms. The van der Waals surface area contributed by atoms with Crippen LogP contribution in [0.1, 0.15) is 13.3 Å². The molecule has 1 amide bonds. The van der Waals surface area contributed by atoms with Crippen LogP contribution >= 0.6 is 0 Å². The number of ether oxygens (including phenoxy) is 1. The zero-order chi connectivity index (χ0) is 9.40. The quantitative estimate of drug-likeness (QED) is 0.572. The van der Waals surface area contributed by atoms with Gasteiger partial charge in [0.25, 0.3) is 0 Å². The summed E-state index contributed by atoms with van der Waals surface area (Å²) >= 11 is 0. The monoisotopic (exact) mass is 175 g/mol. The number of carbonyl (C=O) groups excluding carboxylic acids is 1. The molecule has 12 heavy (non-hydrogen) atoms. The fourth-order valence-electron chi connectivity index (χ4n) is 0.763. The molecule has 0 aliphatic rings. The Morgan fingerprint density at radius 1 is 1.50 bits per heavy atom. The van der Waals surface area contributed by atoms with E-state index in [4.69, 9.17) is 9.84 Å². The largest absolute Gasteiger partial charge is 0.394 e. The Hall–Kier alpha value is -0.610. The summed E-state index contributed by atoms with van der Waals surface area (Å²) in [6.07, 6.45) is 0.524. The van der Waals surface area contributed by atoms with Crippen molar-refractivity contribution in [2.75, 3.05) is 33.4 Å². The predicted molar refractivity (Wildman–Crippen MR) is 45.8 cm³/mol. The maximum absolute atomic E-state index is 11.0. The minimum atomic E-state index is 0.0332. The molecule has 0 aromatic heterocycles. The van der Waals surface area contributed by atoms with E-state index in [9.17, 15) is 4.79 Å². The highest BCUT2D eigenvalue weighted by Gasteiger charge is 2.03. The molecule has 0 bridgehead atoms. The summed E-state index contributed by atoms with van der Waals surface area (Å²) in [7, 11) is 1.74. The predicted octanol–water partition coefficient (Wildman–Crippen LogP) is -0.136. The molecule has 1 N–H and O–H groups in total. The number of hydrogen-bond donors (Lipinski definition) is 1. The van der Waals surface area contributed by atoms with Gasteiger partial charge in [-0.25, -0.2) is 0 Å². The van der Waals surface area contributed by atoms with Crippen LogP contribution in [0.3, 0.4) is 0 Å². The molecule has 0 aliphatic heterocycles. The maximum atomic E-state index is 11.0. The second-order valence-corrected chi connectivity index (χ2v) is 2.50. The van der Waals surface area contributed by atoms with Crippen molar-refractivity contribution < 1.29 is 14.6 Å². The van der Waals surface area contributed by atoms with Gasteiger partial charge in [0.1, 0.15) is 0 Å². The normalized spacial score (nSPS) is 9.92. The molecule has 4 heteroatoms. The van der Waals surface area contributed by atoms with Gasteiger partial charge in [-0.3, -0.25) is 4.79 Å². The van der Waals surface area contributed by atoms with Gasteiger partial charge < -0.3 is 14.7 Å². The van der Waals surface area contributed by atoms with E-state index in [1.165, 1.54) is 0 Å². The number of likely N-dealkylation sites (N-methyl/N-ethyl adjacent to an activating group) is 1. The van der Waals surface area contributed by atoms with Crippen LogP contribution in [0.25, 0.3) is 0 Å². The van der Waals surface area contributed by atoms with Crippen LogP contribution in [0.15, 0.2) is 0 Å². The van der Waals surface area contributed by atoms with Gasteiger partial charge in [-0.15, -0.1) is 0 Å². The highest BCUT2D eigenvalue weighted by molar-refractivity contribution is 5.75. The molecule has 0 unspecified atom stereocenters. The SMILES string of the molecule is CCC(=O)N(C)CCOCCO. The van der Waals surface area contributed by atoms with Crippen LogP contribution in [0.2, 0.25) is 0 Å². The number of hydrogen-bond acceptors (Lipinski definition) is 3. The molecular weight excluding hydrogens is 158 g/mol. The highest BCUT2D eigenvalue weighted by atomic mass is 16.5. The highest BCUT2D eigenvalue weighted by Crippen LogP contribution is 1.89. The third-order valence-electron chi connectivity index (χ3n) is 1.53. The summed E-state index contributed by atoms with van der Waals surface area (Å²) < 4.78 is 5.00. The summed E-state index contributed by atoms with van der Waals surface area (Å²) in [5, 5.41) is 8.38.